The van der Waals surface area contributed by atoms with Crippen LogP contribution in [0.25, 0.3) is 6.08 Å². The number of nitrogens with one attached hydrogen (secondary N) is 2. The number of hydrogen-bond donors (Lipinski definition) is 2. The van der Waals surface area contributed by atoms with Crippen molar-refractivity contribution in [2.24, 2.45) is 0 Å². The Kier molecular flexibility index (Phi) is 7.97. The summed E-state index contributed by atoms with van der Waals surface area (Å²) in [5.41, 5.74) is 2.52. The molecule has 0 unspecified atom stereocenters. The smallest absolute Gasteiger partial charge is 0.266 e. The summed E-state index contributed by atoms with van der Waals surface area (Å²) in [5.74, 6) is -0.753. The lowest BCUT2D eigenvalue weighted by Gasteiger charge is -2.12. The lowest BCUT2D eigenvalue weighted by Crippen LogP contribution is -2.20. The van der Waals surface area contributed by atoms with Gasteiger partial charge in [-0.1, -0.05) is 23.8 Å². The molecule has 0 atom stereocenters. The first-order valence-corrected chi connectivity index (χ1v) is 10.2. The molecule has 0 spiro atoms. The van der Waals surface area contributed by atoms with Crippen molar-refractivity contribution < 1.29 is 23.5 Å². The average molecular weight is 459 g/mol. The molecule has 8 heteroatoms. The number of halogens is 1. The van der Waals surface area contributed by atoms with Gasteiger partial charge < -0.3 is 20.1 Å². The maximum absolute atomic E-state index is 13.0. The third-order valence-electron chi connectivity index (χ3n) is 4.66. The van der Waals surface area contributed by atoms with Crippen molar-refractivity contribution in [3.63, 3.8) is 0 Å². The molecule has 0 aliphatic carbocycles. The van der Waals surface area contributed by atoms with Gasteiger partial charge in [0, 0.05) is 11.4 Å². The van der Waals surface area contributed by atoms with Gasteiger partial charge in [-0.3, -0.25) is 9.59 Å². The summed E-state index contributed by atoms with van der Waals surface area (Å²) in [6, 6.07) is 19.3. The molecule has 0 aliphatic rings. The van der Waals surface area contributed by atoms with Crippen LogP contribution in [0.3, 0.4) is 0 Å². The highest BCUT2D eigenvalue weighted by molar-refractivity contribution is 6.09. The Morgan fingerprint density at radius 3 is 2.26 bits per heavy atom. The van der Waals surface area contributed by atoms with Crippen LogP contribution < -0.4 is 20.1 Å². The van der Waals surface area contributed by atoms with E-state index in [-0.39, 0.29) is 12.2 Å². The fraction of sp³-hybridized carbons (Fsp3) is 0.115. The van der Waals surface area contributed by atoms with Crippen LogP contribution >= 0.6 is 0 Å². The van der Waals surface area contributed by atoms with E-state index in [0.717, 1.165) is 5.56 Å². The molecular weight excluding hydrogens is 437 g/mol. The lowest BCUT2D eigenvalue weighted by molar-refractivity contribution is -0.118. The Bertz CT molecular complexity index is 1250. The van der Waals surface area contributed by atoms with Crippen LogP contribution in [0.1, 0.15) is 11.1 Å². The zero-order valence-electron chi connectivity index (χ0n) is 18.6. The van der Waals surface area contributed by atoms with Gasteiger partial charge in [-0.15, -0.1) is 0 Å². The minimum absolute atomic E-state index is 0.0880. The van der Waals surface area contributed by atoms with Gasteiger partial charge in [-0.25, -0.2) is 4.39 Å². The zero-order valence-corrected chi connectivity index (χ0v) is 18.6. The van der Waals surface area contributed by atoms with Crippen molar-refractivity contribution in [1.29, 1.82) is 5.26 Å². The topological polar surface area (TPSA) is 100 Å². The number of anilines is 2. The number of methoxy groups -OCH3 is 1. The van der Waals surface area contributed by atoms with Crippen molar-refractivity contribution in [3.05, 3.63) is 89.2 Å². The maximum Gasteiger partial charge on any atom is 0.266 e. The fourth-order valence-electron chi connectivity index (χ4n) is 2.92. The first-order chi connectivity index (χ1) is 16.4. The van der Waals surface area contributed by atoms with Gasteiger partial charge >= 0.3 is 0 Å². The van der Waals surface area contributed by atoms with Crippen molar-refractivity contribution >= 4 is 29.3 Å². The molecule has 0 saturated carbocycles. The number of carbonyl (C=O) groups is 2. The Balaban J connectivity index is 1.66. The van der Waals surface area contributed by atoms with Crippen LogP contribution in [0.15, 0.2) is 72.3 Å². The predicted molar refractivity (Wildman–Crippen MR) is 127 cm³/mol. The zero-order chi connectivity index (χ0) is 24.5. The Labute approximate surface area is 196 Å². The molecule has 3 aromatic rings. The molecule has 3 aromatic carbocycles. The van der Waals surface area contributed by atoms with E-state index in [2.05, 4.69) is 10.6 Å². The highest BCUT2D eigenvalue weighted by Crippen LogP contribution is 2.29. The van der Waals surface area contributed by atoms with Crippen molar-refractivity contribution in [1.82, 2.24) is 0 Å². The Hall–Kier alpha value is -4.64. The van der Waals surface area contributed by atoms with Gasteiger partial charge in [0.05, 0.1) is 7.11 Å². The molecule has 0 aromatic heterocycles. The molecule has 0 radical (unpaired) electrons. The second kappa shape index (κ2) is 11.3. The van der Waals surface area contributed by atoms with Crippen LogP contribution in [0.5, 0.6) is 11.5 Å². The lowest BCUT2D eigenvalue weighted by atomic mass is 10.1. The summed E-state index contributed by atoms with van der Waals surface area (Å²) >= 11 is 0. The maximum atomic E-state index is 13.0. The van der Waals surface area contributed by atoms with Crippen molar-refractivity contribution in [2.45, 2.75) is 6.92 Å². The summed E-state index contributed by atoms with van der Waals surface area (Å²) in [7, 11) is 1.43. The van der Waals surface area contributed by atoms with E-state index in [1.165, 1.54) is 37.5 Å². The van der Waals surface area contributed by atoms with Crippen LogP contribution in [0.2, 0.25) is 0 Å². The summed E-state index contributed by atoms with van der Waals surface area (Å²) in [6.07, 6.45) is 1.43. The second-order valence-corrected chi connectivity index (χ2v) is 7.24. The highest BCUT2D eigenvalue weighted by Gasteiger charge is 2.12. The normalized spacial score (nSPS) is 10.7. The molecule has 3 rings (SSSR count). The van der Waals surface area contributed by atoms with Gasteiger partial charge in [-0.2, -0.15) is 5.26 Å². The molecule has 0 bridgehead atoms. The summed E-state index contributed by atoms with van der Waals surface area (Å²) in [5, 5.41) is 14.7. The monoisotopic (exact) mass is 459 g/mol. The summed E-state index contributed by atoms with van der Waals surface area (Å²) < 4.78 is 23.8. The first-order valence-electron chi connectivity index (χ1n) is 10.2. The van der Waals surface area contributed by atoms with E-state index >= 15 is 0 Å². The van der Waals surface area contributed by atoms with Crippen molar-refractivity contribution in [3.8, 4) is 17.6 Å². The van der Waals surface area contributed by atoms with E-state index in [1.54, 1.807) is 30.3 Å². The Morgan fingerprint density at radius 1 is 0.971 bits per heavy atom. The van der Waals surface area contributed by atoms with Gasteiger partial charge in [0.1, 0.15) is 17.5 Å². The quantitative estimate of drug-likeness (QED) is 0.376. The van der Waals surface area contributed by atoms with Crippen molar-refractivity contribution in [2.75, 3.05) is 24.4 Å². The van der Waals surface area contributed by atoms with Crippen LogP contribution in [-0.4, -0.2) is 25.5 Å². The third-order valence-corrected chi connectivity index (χ3v) is 4.66. The Morgan fingerprint density at radius 2 is 1.62 bits per heavy atom. The molecule has 0 heterocycles. The third kappa shape index (κ3) is 6.68. The minimum atomic E-state index is -0.539. The largest absolute Gasteiger partial charge is 0.493 e. The summed E-state index contributed by atoms with van der Waals surface area (Å²) in [4.78, 5) is 24.6. The SMILES string of the molecule is COc1cc(/C=C(/C#N)C(=O)Nc2ccc(C)cc2)ccc1OCC(=O)Nc1ccc(F)cc1. The number of amides is 2. The molecule has 0 aliphatic heterocycles. The van der Waals surface area contributed by atoms with Gasteiger partial charge in [-0.05, 0) is 67.1 Å². The molecule has 172 valence electrons. The van der Waals surface area contributed by atoms with Crippen LogP contribution in [0.4, 0.5) is 15.8 Å². The average Bonchev–Trinajstić information content (AvgIpc) is 2.84. The van der Waals surface area contributed by atoms with E-state index in [1.807, 2.05) is 25.1 Å². The van der Waals surface area contributed by atoms with Gasteiger partial charge in [0.25, 0.3) is 11.8 Å². The first kappa shape index (κ1) is 24.0. The number of nitrogens with zero attached hydrogens (tertiary/aromatic N) is 1. The molecule has 34 heavy (non-hydrogen) atoms. The number of ether oxygens (including phenoxy) is 2. The van der Waals surface area contributed by atoms with E-state index < -0.39 is 17.6 Å². The minimum Gasteiger partial charge on any atom is -0.493 e. The number of nitriles is 1. The van der Waals surface area contributed by atoms with E-state index in [9.17, 15) is 19.2 Å². The molecular formula is C26H22FN3O4. The molecule has 0 fully saturated rings. The number of hydrogen-bond acceptors (Lipinski definition) is 5. The number of aryl methyl sites for hydroxylation is 1. The van der Waals surface area contributed by atoms with Gasteiger partial charge in [0.2, 0.25) is 0 Å². The molecule has 2 N–H and O–H groups in total. The number of benzene rings is 3. The van der Waals surface area contributed by atoms with E-state index in [4.69, 9.17) is 9.47 Å². The van der Waals surface area contributed by atoms with Crippen LogP contribution in [-0.2, 0) is 9.59 Å². The molecule has 2 amide bonds. The van der Waals surface area contributed by atoms with Crippen LogP contribution in [0, 0.1) is 24.1 Å². The van der Waals surface area contributed by atoms with E-state index in [0.29, 0.717) is 28.4 Å². The van der Waals surface area contributed by atoms with Gasteiger partial charge in [0.15, 0.2) is 18.1 Å². The highest BCUT2D eigenvalue weighted by atomic mass is 19.1. The fourth-order valence-corrected chi connectivity index (χ4v) is 2.92. The number of rotatable bonds is 8. The second-order valence-electron chi connectivity index (χ2n) is 7.24. The predicted octanol–water partition coefficient (Wildman–Crippen LogP) is 4.71. The standard InChI is InChI=1S/C26H22FN3O4/c1-17-3-8-22(9-4-17)30-26(32)19(15-28)13-18-5-12-23(24(14-18)33-2)34-16-25(31)29-21-10-6-20(27)7-11-21/h3-14H,16H2,1-2H3,(H,29,31)(H,30,32)/b19-13-. The molecule has 7 nitrogen and oxygen atoms in total. The molecule has 0 saturated heterocycles. The summed E-state index contributed by atoms with van der Waals surface area (Å²) in [6.45, 7) is 1.64. The number of carbonyl (C=O) groups excluding carboxylic acids is 2.